The summed E-state index contributed by atoms with van der Waals surface area (Å²) in [6.07, 6.45) is 14.6. The molecule has 3 aliphatic rings. The van der Waals surface area contributed by atoms with E-state index in [2.05, 4.69) is 69.2 Å². The Morgan fingerprint density at radius 1 is 0.879 bits per heavy atom. The van der Waals surface area contributed by atoms with Crippen LogP contribution in [0.25, 0.3) is 6.08 Å². The van der Waals surface area contributed by atoms with E-state index in [0.717, 1.165) is 26.2 Å². The maximum atomic E-state index is 5.12. The number of thiazole rings is 1. The molecule has 0 saturated carbocycles. The number of allylic oxidation sites excluding steroid dienone is 3. The van der Waals surface area contributed by atoms with E-state index in [9.17, 15) is 0 Å². The van der Waals surface area contributed by atoms with E-state index in [0.29, 0.717) is 0 Å². The van der Waals surface area contributed by atoms with E-state index in [-0.39, 0.29) is 10.8 Å². The van der Waals surface area contributed by atoms with Crippen molar-refractivity contribution in [3.8, 4) is 0 Å². The van der Waals surface area contributed by atoms with E-state index < -0.39 is 0 Å². The fourth-order valence-corrected chi connectivity index (χ4v) is 7.09. The monoisotopic (exact) mass is 485 g/mol. The smallest absolute Gasteiger partial charge is 0.348 e. The molecule has 4 nitrogen and oxygen atoms in total. The van der Waals surface area contributed by atoms with Crippen molar-refractivity contribution in [2.75, 3.05) is 31.1 Å². The molecule has 0 unspecified atom stereocenters. The quantitative estimate of drug-likeness (QED) is 0.427. The van der Waals surface area contributed by atoms with Crippen molar-refractivity contribution in [3.63, 3.8) is 0 Å². The average Bonchev–Trinajstić information content (AvgIpc) is 3.40. The molecular formula is C27H41N4S2+. The van der Waals surface area contributed by atoms with Gasteiger partial charge in [0.1, 0.15) is 0 Å². The van der Waals surface area contributed by atoms with Gasteiger partial charge in [-0.1, -0.05) is 59.0 Å². The molecule has 2 saturated heterocycles. The van der Waals surface area contributed by atoms with Gasteiger partial charge in [0.25, 0.3) is 0 Å². The molecular weight excluding hydrogens is 444 g/mol. The van der Waals surface area contributed by atoms with Crippen LogP contribution in [-0.4, -0.2) is 46.6 Å². The van der Waals surface area contributed by atoms with Crippen LogP contribution in [-0.2, 0) is 5.41 Å². The summed E-state index contributed by atoms with van der Waals surface area (Å²) in [5.41, 5.74) is 2.50. The molecule has 1 aromatic heterocycles. The molecule has 6 heteroatoms. The molecule has 0 atom stereocenters. The van der Waals surface area contributed by atoms with Gasteiger partial charge in [-0.2, -0.15) is 0 Å². The van der Waals surface area contributed by atoms with Gasteiger partial charge in [-0.3, -0.25) is 4.58 Å². The summed E-state index contributed by atoms with van der Waals surface area (Å²) >= 11 is 3.71. The zero-order valence-corrected chi connectivity index (χ0v) is 23.0. The van der Waals surface area contributed by atoms with Gasteiger partial charge in [-0.15, -0.1) is 0 Å². The minimum absolute atomic E-state index is 0.0344. The van der Waals surface area contributed by atoms with Gasteiger partial charge < -0.3 is 4.90 Å². The summed E-state index contributed by atoms with van der Waals surface area (Å²) in [4.78, 5) is 15.3. The highest BCUT2D eigenvalue weighted by molar-refractivity contribution is 8.18. The molecule has 1 aromatic rings. The predicted octanol–water partition coefficient (Wildman–Crippen LogP) is 7.11. The number of amidine groups is 1. The lowest BCUT2D eigenvalue weighted by Crippen LogP contribution is -2.29. The van der Waals surface area contributed by atoms with Gasteiger partial charge in [-0.05, 0) is 55.7 Å². The first-order chi connectivity index (χ1) is 15.6. The summed E-state index contributed by atoms with van der Waals surface area (Å²) < 4.78 is 2.48. The Morgan fingerprint density at radius 3 is 2.18 bits per heavy atom. The Hall–Kier alpha value is -1.40. The SMILES string of the molecule is CC(C)(C)C1=NC(=[N+]2CCCCC2)S/C1=C/C=C/c1sc(N2CCCCC2)nc1C(C)(C)C. The fourth-order valence-electron chi connectivity index (χ4n) is 4.60. The Balaban J connectivity index is 1.61. The molecule has 4 rings (SSSR count). The lowest BCUT2D eigenvalue weighted by molar-refractivity contribution is -0.535. The van der Waals surface area contributed by atoms with E-state index in [4.69, 9.17) is 9.98 Å². The molecule has 180 valence electrons. The molecule has 0 bridgehead atoms. The Morgan fingerprint density at radius 2 is 1.55 bits per heavy atom. The highest BCUT2D eigenvalue weighted by atomic mass is 32.2. The molecule has 0 N–H and O–H groups in total. The highest BCUT2D eigenvalue weighted by Crippen LogP contribution is 2.38. The third-order valence-corrected chi connectivity index (χ3v) is 8.62. The van der Waals surface area contributed by atoms with Crippen LogP contribution in [0, 0.1) is 5.41 Å². The van der Waals surface area contributed by atoms with Gasteiger partial charge in [-0.25, -0.2) is 4.98 Å². The van der Waals surface area contributed by atoms with Crippen molar-refractivity contribution >= 4 is 45.2 Å². The first kappa shape index (κ1) is 24.7. The lowest BCUT2D eigenvalue weighted by Gasteiger charge is -2.26. The van der Waals surface area contributed by atoms with Crippen LogP contribution in [0.15, 0.2) is 22.0 Å². The van der Waals surface area contributed by atoms with Gasteiger partial charge >= 0.3 is 5.17 Å². The Labute approximate surface area is 209 Å². The second kappa shape index (κ2) is 10.1. The Kier molecular flexibility index (Phi) is 7.54. The highest BCUT2D eigenvalue weighted by Gasteiger charge is 2.38. The lowest BCUT2D eigenvalue weighted by atomic mass is 9.89. The number of aliphatic imine (C=N–C) groups is 1. The summed E-state index contributed by atoms with van der Waals surface area (Å²) in [6, 6.07) is 0. The largest absolute Gasteiger partial charge is 0.359 e. The third-order valence-electron chi connectivity index (χ3n) is 6.45. The third kappa shape index (κ3) is 6.00. The van der Waals surface area contributed by atoms with Crippen LogP contribution < -0.4 is 4.90 Å². The number of hydrogen-bond donors (Lipinski definition) is 0. The van der Waals surface area contributed by atoms with Crippen LogP contribution in [0.2, 0.25) is 0 Å². The molecule has 2 fully saturated rings. The van der Waals surface area contributed by atoms with Crippen molar-refractivity contribution in [3.05, 3.63) is 27.6 Å². The number of anilines is 1. The number of aromatic nitrogens is 1. The van der Waals surface area contributed by atoms with Crippen molar-refractivity contribution in [2.24, 2.45) is 10.4 Å². The number of rotatable bonds is 3. The second-order valence-electron chi connectivity index (χ2n) is 11.5. The molecule has 0 aromatic carbocycles. The number of hydrogen-bond acceptors (Lipinski definition) is 4. The molecule has 4 heterocycles. The van der Waals surface area contributed by atoms with Gasteiger partial charge in [0.05, 0.1) is 28.6 Å². The molecule has 0 amide bonds. The van der Waals surface area contributed by atoms with Crippen LogP contribution in [0.3, 0.4) is 0 Å². The summed E-state index contributed by atoms with van der Waals surface area (Å²) in [7, 11) is 0. The van der Waals surface area contributed by atoms with Crippen LogP contribution >= 0.6 is 23.1 Å². The van der Waals surface area contributed by atoms with Gasteiger partial charge in [0, 0.05) is 35.7 Å². The average molecular weight is 486 g/mol. The normalized spacial score (nSPS) is 22.1. The molecule has 33 heavy (non-hydrogen) atoms. The van der Waals surface area contributed by atoms with E-state index in [1.54, 1.807) is 0 Å². The zero-order chi connectivity index (χ0) is 23.6. The molecule has 0 radical (unpaired) electrons. The van der Waals surface area contributed by atoms with E-state index in [1.165, 1.54) is 70.0 Å². The van der Waals surface area contributed by atoms with Crippen molar-refractivity contribution in [1.82, 2.24) is 4.98 Å². The first-order valence-electron chi connectivity index (χ1n) is 12.7. The number of thioether (sulfide) groups is 1. The predicted molar refractivity (Wildman–Crippen MR) is 147 cm³/mol. The number of nitrogens with zero attached hydrogens (tertiary/aromatic N) is 4. The molecule has 3 aliphatic heterocycles. The van der Waals surface area contributed by atoms with Crippen LogP contribution in [0.4, 0.5) is 5.13 Å². The summed E-state index contributed by atoms with van der Waals surface area (Å²) in [5.74, 6) is 0. The zero-order valence-electron chi connectivity index (χ0n) is 21.4. The van der Waals surface area contributed by atoms with Crippen molar-refractivity contribution in [1.29, 1.82) is 0 Å². The second-order valence-corrected chi connectivity index (χ2v) is 13.6. The maximum absolute atomic E-state index is 5.12. The van der Waals surface area contributed by atoms with Crippen molar-refractivity contribution < 1.29 is 4.58 Å². The van der Waals surface area contributed by atoms with Crippen molar-refractivity contribution in [2.45, 2.75) is 85.5 Å². The standard InChI is InChI=1S/C27H41N4S2/c1-26(2,3)22-20(32-24(28-22)30-16-9-7-10-17-30)14-13-15-21-23(27(4,5)6)29-25(33-21)31-18-11-8-12-19-31/h13-15H,7-12,16-19H2,1-6H3/q+1. The van der Waals surface area contributed by atoms with Crippen LogP contribution in [0.5, 0.6) is 0 Å². The van der Waals surface area contributed by atoms with Crippen LogP contribution in [0.1, 0.15) is 90.6 Å². The Bertz CT molecular complexity index is 969. The van der Waals surface area contributed by atoms with Gasteiger partial charge in [0.15, 0.2) is 10.8 Å². The van der Waals surface area contributed by atoms with Gasteiger partial charge in [0.2, 0.25) is 0 Å². The molecule has 0 spiro atoms. The minimum atomic E-state index is 0.0344. The topological polar surface area (TPSA) is 31.5 Å². The maximum Gasteiger partial charge on any atom is 0.359 e. The van der Waals surface area contributed by atoms with E-state index >= 15 is 0 Å². The van der Waals surface area contributed by atoms with E-state index in [1.807, 2.05) is 23.1 Å². The summed E-state index contributed by atoms with van der Waals surface area (Å²) in [6.45, 7) is 18.2. The fraction of sp³-hybridized carbons (Fsp3) is 0.667. The summed E-state index contributed by atoms with van der Waals surface area (Å²) in [5, 5.41) is 2.39. The number of piperidine rings is 2. The molecule has 0 aliphatic carbocycles. The minimum Gasteiger partial charge on any atom is -0.348 e. The first-order valence-corrected chi connectivity index (χ1v) is 14.3.